The largest absolute Gasteiger partial charge is 1.00 e. The fourth-order valence-corrected chi connectivity index (χ4v) is 0.114. The number of hydrogen-bond acceptors (Lipinski definition) is 1. The minimum atomic E-state index is 0. The zero-order chi connectivity index (χ0) is 4.83. The smallest absolute Gasteiger partial charge is 0.833 e. The van der Waals surface area contributed by atoms with Gasteiger partial charge in [-0.05, 0) is 0 Å². The summed E-state index contributed by atoms with van der Waals surface area (Å²) in [7, 11) is 0. The maximum absolute atomic E-state index is 9.28. The van der Waals surface area contributed by atoms with Gasteiger partial charge in [0.05, 0.1) is 0 Å². The third-order valence-corrected chi connectivity index (χ3v) is 0.319. The van der Waals surface area contributed by atoms with Crippen LogP contribution in [0.3, 0.4) is 0 Å². The maximum Gasteiger partial charge on any atom is 1.00 e. The van der Waals surface area contributed by atoms with Gasteiger partial charge in [0.15, 0.2) is 0 Å². The van der Waals surface area contributed by atoms with Crippen molar-refractivity contribution in [3.05, 3.63) is 12.7 Å². The first-order valence-electron chi connectivity index (χ1n) is 1.62. The van der Waals surface area contributed by atoms with Gasteiger partial charge in [0.25, 0.3) is 0 Å². The Kier molecular flexibility index (Phi) is 12.9. The molecule has 0 bridgehead atoms. The molecule has 0 heterocycles. The Hall–Kier alpha value is -0.303. The molecule has 0 aliphatic rings. The molecule has 0 N–H and O–H groups in total. The Balaban J connectivity index is 0. The standard InChI is InChI=1S/C5H6O.Li/c1-2-3-4-5-6;/h2,6H,1,3H2;/q;+1/p-1. The van der Waals surface area contributed by atoms with Crippen molar-refractivity contribution in [2.24, 2.45) is 0 Å². The first-order valence-corrected chi connectivity index (χ1v) is 1.62. The van der Waals surface area contributed by atoms with Crippen molar-refractivity contribution in [3.63, 3.8) is 0 Å². The monoisotopic (exact) mass is 88.1 g/mol. The van der Waals surface area contributed by atoms with E-state index in [1.165, 1.54) is 6.11 Å². The summed E-state index contributed by atoms with van der Waals surface area (Å²) in [5.74, 6) is 2.27. The molecule has 0 spiro atoms. The van der Waals surface area contributed by atoms with Gasteiger partial charge in [-0.2, -0.15) is 6.11 Å². The maximum atomic E-state index is 9.28. The first kappa shape index (κ1) is 9.85. The van der Waals surface area contributed by atoms with Gasteiger partial charge in [-0.15, -0.1) is 12.5 Å². The molecule has 1 nitrogen and oxygen atoms in total. The molecule has 0 aromatic rings. The number of hydrogen-bond donors (Lipinski definition) is 0. The summed E-state index contributed by atoms with van der Waals surface area (Å²) in [4.78, 5) is 0. The van der Waals surface area contributed by atoms with Crippen LogP contribution >= 0.6 is 0 Å². The Morgan fingerprint density at radius 2 is 2.29 bits per heavy atom. The molecule has 0 aliphatic carbocycles. The normalized spacial score (nSPS) is 4.57. The van der Waals surface area contributed by atoms with E-state index in [9.17, 15) is 5.11 Å². The van der Waals surface area contributed by atoms with Crippen LogP contribution in [-0.2, 0) is 0 Å². The Labute approximate surface area is 55.6 Å². The van der Waals surface area contributed by atoms with Crippen molar-refractivity contribution in [1.29, 1.82) is 0 Å². The average molecular weight is 88.0 g/mol. The molecule has 2 heteroatoms. The molecule has 0 aromatic carbocycles. The molecular weight excluding hydrogens is 83.0 g/mol. The van der Waals surface area contributed by atoms with Crippen LogP contribution in [0.25, 0.3) is 0 Å². The predicted molar refractivity (Wildman–Crippen MR) is 22.6 cm³/mol. The van der Waals surface area contributed by atoms with E-state index in [1.54, 1.807) is 6.08 Å². The molecule has 0 radical (unpaired) electrons. The second-order valence-corrected chi connectivity index (χ2v) is 0.772. The van der Waals surface area contributed by atoms with Crippen LogP contribution < -0.4 is 24.0 Å². The van der Waals surface area contributed by atoms with Gasteiger partial charge in [0.2, 0.25) is 0 Å². The summed E-state index contributed by atoms with van der Waals surface area (Å²) < 4.78 is 0. The van der Waals surface area contributed by atoms with Gasteiger partial charge in [-0.25, -0.2) is 0 Å². The molecule has 32 valence electrons. The van der Waals surface area contributed by atoms with E-state index in [4.69, 9.17) is 0 Å². The van der Waals surface area contributed by atoms with Crippen molar-refractivity contribution in [2.75, 3.05) is 0 Å². The van der Waals surface area contributed by atoms with Crippen LogP contribution in [0.2, 0.25) is 0 Å². The molecular formula is C5H5LiO. The second kappa shape index (κ2) is 9.20. The zero-order valence-electron chi connectivity index (χ0n) is 4.40. The molecule has 0 rings (SSSR count). The average Bonchev–Trinajstić information content (AvgIpc) is 1.61. The van der Waals surface area contributed by atoms with E-state index >= 15 is 0 Å². The third-order valence-electron chi connectivity index (χ3n) is 0.319. The van der Waals surface area contributed by atoms with E-state index in [1.807, 2.05) is 0 Å². The van der Waals surface area contributed by atoms with Crippen LogP contribution in [0.15, 0.2) is 12.7 Å². The summed E-state index contributed by atoms with van der Waals surface area (Å²) in [6.07, 6.45) is 3.59. The predicted octanol–water partition coefficient (Wildman–Crippen LogP) is -3.11. The van der Waals surface area contributed by atoms with Gasteiger partial charge in [-0.1, -0.05) is 6.08 Å². The minimum absolute atomic E-state index is 0. The first-order chi connectivity index (χ1) is 2.91. The quantitative estimate of drug-likeness (QED) is 0.189. The fraction of sp³-hybridized carbons (Fsp3) is 0.200. The van der Waals surface area contributed by atoms with Crippen LogP contribution in [-0.4, -0.2) is 0 Å². The van der Waals surface area contributed by atoms with E-state index in [-0.39, 0.29) is 18.9 Å². The molecule has 0 amide bonds. The molecule has 0 atom stereocenters. The summed E-state index contributed by atoms with van der Waals surface area (Å²) >= 11 is 0. The fourth-order valence-electron chi connectivity index (χ4n) is 0.114. The summed E-state index contributed by atoms with van der Waals surface area (Å²) in [6, 6.07) is 0. The zero-order valence-corrected chi connectivity index (χ0v) is 4.40. The van der Waals surface area contributed by atoms with Gasteiger partial charge in [-0.3, -0.25) is 0 Å². The van der Waals surface area contributed by atoms with E-state index in [0.29, 0.717) is 6.42 Å². The van der Waals surface area contributed by atoms with Gasteiger partial charge < -0.3 is 5.11 Å². The van der Waals surface area contributed by atoms with Crippen molar-refractivity contribution in [1.82, 2.24) is 0 Å². The van der Waals surface area contributed by atoms with Crippen LogP contribution in [0.5, 0.6) is 0 Å². The van der Waals surface area contributed by atoms with E-state index in [2.05, 4.69) is 12.5 Å². The molecule has 0 aromatic heterocycles. The summed E-state index contributed by atoms with van der Waals surface area (Å²) in [5, 5.41) is 9.28. The van der Waals surface area contributed by atoms with Crippen LogP contribution in [0.1, 0.15) is 6.42 Å². The SMILES string of the molecule is C=CCC#C[O-].[Li+]. The van der Waals surface area contributed by atoms with Gasteiger partial charge in [0.1, 0.15) is 0 Å². The van der Waals surface area contributed by atoms with Crippen LogP contribution in [0.4, 0.5) is 0 Å². The topological polar surface area (TPSA) is 23.1 Å². The molecule has 0 fully saturated rings. The van der Waals surface area contributed by atoms with Crippen molar-refractivity contribution in [2.45, 2.75) is 6.42 Å². The van der Waals surface area contributed by atoms with E-state index < -0.39 is 0 Å². The molecule has 0 saturated carbocycles. The van der Waals surface area contributed by atoms with Gasteiger partial charge >= 0.3 is 18.9 Å². The van der Waals surface area contributed by atoms with E-state index in [0.717, 1.165) is 0 Å². The van der Waals surface area contributed by atoms with Crippen molar-refractivity contribution in [3.8, 4) is 12.0 Å². The summed E-state index contributed by atoms with van der Waals surface area (Å²) in [5.41, 5.74) is 0. The Morgan fingerprint density at radius 3 is 2.43 bits per heavy atom. The van der Waals surface area contributed by atoms with Crippen molar-refractivity contribution >= 4 is 0 Å². The molecule has 0 aliphatic heterocycles. The number of rotatable bonds is 1. The van der Waals surface area contributed by atoms with Crippen molar-refractivity contribution < 1.29 is 24.0 Å². The third kappa shape index (κ3) is 10.7. The summed E-state index contributed by atoms with van der Waals surface area (Å²) in [6.45, 7) is 3.36. The molecule has 0 unspecified atom stereocenters. The van der Waals surface area contributed by atoms with Crippen LogP contribution in [0, 0.1) is 12.0 Å². The Bertz CT molecular complexity index is 88.0. The van der Waals surface area contributed by atoms with Gasteiger partial charge in [0, 0.05) is 6.42 Å². The molecule has 0 saturated heterocycles. The number of allylic oxidation sites excluding steroid dienone is 1. The Morgan fingerprint density at radius 1 is 1.71 bits per heavy atom. The minimum Gasteiger partial charge on any atom is -0.833 e. The molecule has 7 heavy (non-hydrogen) atoms. The second-order valence-electron chi connectivity index (χ2n) is 0.772.